The number of hydrogen-bond donors (Lipinski definition) is 2. The number of amides is 1. The van der Waals surface area contributed by atoms with E-state index in [0.29, 0.717) is 12.8 Å². The highest BCUT2D eigenvalue weighted by atomic mass is 16.5. The van der Waals surface area contributed by atoms with Crippen molar-refractivity contribution in [3.05, 3.63) is 0 Å². The van der Waals surface area contributed by atoms with Gasteiger partial charge < -0.3 is 15.2 Å². The van der Waals surface area contributed by atoms with Gasteiger partial charge in [-0.1, -0.05) is 149 Å². The fourth-order valence-electron chi connectivity index (χ4n) is 5.57. The van der Waals surface area contributed by atoms with Crippen molar-refractivity contribution in [2.45, 2.75) is 206 Å². The van der Waals surface area contributed by atoms with Crippen molar-refractivity contribution in [3.8, 4) is 0 Å². The van der Waals surface area contributed by atoms with Crippen molar-refractivity contribution in [3.63, 3.8) is 0 Å². The molecule has 0 aromatic carbocycles. The molecule has 0 fully saturated rings. The van der Waals surface area contributed by atoms with Crippen molar-refractivity contribution in [1.82, 2.24) is 5.32 Å². The summed E-state index contributed by atoms with van der Waals surface area (Å²) in [5.74, 6) is -1.22. The molecule has 0 aromatic heterocycles. The Kier molecular flexibility index (Phi) is 31.1. The van der Waals surface area contributed by atoms with Gasteiger partial charge in [0.15, 0.2) is 0 Å². The largest absolute Gasteiger partial charge is 0.480 e. The molecule has 1 unspecified atom stereocenters. The van der Waals surface area contributed by atoms with Gasteiger partial charge in [-0.15, -0.1) is 0 Å². The predicted octanol–water partition coefficient (Wildman–Crippen LogP) is 10.5. The molecule has 0 heterocycles. The van der Waals surface area contributed by atoms with Crippen LogP contribution in [0.4, 0.5) is 0 Å². The van der Waals surface area contributed by atoms with E-state index >= 15 is 0 Å². The van der Waals surface area contributed by atoms with Crippen LogP contribution in [0.1, 0.15) is 200 Å². The van der Waals surface area contributed by atoms with E-state index in [1.165, 1.54) is 109 Å². The van der Waals surface area contributed by atoms with Crippen LogP contribution in [0, 0.1) is 0 Å². The highest BCUT2D eigenvalue weighted by Gasteiger charge is 2.14. The first kappa shape index (κ1) is 40.4. The van der Waals surface area contributed by atoms with Crippen LogP contribution in [0.25, 0.3) is 0 Å². The summed E-state index contributed by atoms with van der Waals surface area (Å²) in [5.41, 5.74) is 0. The molecule has 0 radical (unpaired) electrons. The fourth-order valence-corrected chi connectivity index (χ4v) is 5.57. The van der Waals surface area contributed by atoms with Gasteiger partial charge in [-0.2, -0.15) is 0 Å². The first-order valence-electron chi connectivity index (χ1n) is 18.2. The third kappa shape index (κ3) is 31.3. The summed E-state index contributed by atoms with van der Waals surface area (Å²) >= 11 is 0. The summed E-state index contributed by atoms with van der Waals surface area (Å²) in [5, 5.41) is 11.0. The predicted molar refractivity (Wildman–Crippen MR) is 176 cm³/mol. The van der Waals surface area contributed by atoms with Gasteiger partial charge in [0.05, 0.1) is 0 Å². The molecule has 6 heteroatoms. The van der Waals surface area contributed by atoms with Gasteiger partial charge in [-0.05, 0) is 38.5 Å². The van der Waals surface area contributed by atoms with Crippen LogP contribution in [0.3, 0.4) is 0 Å². The number of ether oxygens (including phenoxy) is 1. The molecule has 0 saturated carbocycles. The lowest BCUT2D eigenvalue weighted by Gasteiger charge is -2.18. The zero-order valence-electron chi connectivity index (χ0n) is 27.9. The Hall–Kier alpha value is -1.59. The number of unbranched alkanes of at least 4 members (excludes halogenated alkanes) is 22. The molecule has 6 nitrogen and oxygen atoms in total. The minimum atomic E-state index is -1.01. The van der Waals surface area contributed by atoms with Crippen LogP contribution in [0.5, 0.6) is 0 Å². The Labute approximate surface area is 259 Å². The first-order valence-corrected chi connectivity index (χ1v) is 18.2. The summed E-state index contributed by atoms with van der Waals surface area (Å²) in [7, 11) is 0. The van der Waals surface area contributed by atoms with Gasteiger partial charge in [0.2, 0.25) is 5.91 Å². The molecular formula is C36H69NO5. The summed E-state index contributed by atoms with van der Waals surface area (Å²) in [6, 6.07) is 0. The van der Waals surface area contributed by atoms with E-state index in [-0.39, 0.29) is 24.5 Å². The van der Waals surface area contributed by atoms with E-state index < -0.39 is 5.97 Å². The number of esters is 1. The van der Waals surface area contributed by atoms with E-state index in [1.807, 2.05) is 0 Å². The van der Waals surface area contributed by atoms with Crippen molar-refractivity contribution in [1.29, 1.82) is 0 Å². The molecule has 0 rings (SSSR count). The second-order valence-electron chi connectivity index (χ2n) is 12.5. The average molecular weight is 596 g/mol. The van der Waals surface area contributed by atoms with E-state index in [4.69, 9.17) is 9.84 Å². The number of aliphatic carboxylic acids is 1. The van der Waals surface area contributed by atoms with Crippen molar-refractivity contribution >= 4 is 17.8 Å². The Morgan fingerprint density at radius 2 is 0.881 bits per heavy atom. The number of nitrogens with one attached hydrogen (secondary N) is 1. The highest BCUT2D eigenvalue weighted by molar-refractivity contribution is 5.80. The lowest BCUT2D eigenvalue weighted by molar-refractivity contribution is -0.150. The summed E-state index contributed by atoms with van der Waals surface area (Å²) < 4.78 is 5.98. The van der Waals surface area contributed by atoms with Crippen LogP contribution >= 0.6 is 0 Å². The normalized spacial score (nSPS) is 11.9. The first-order chi connectivity index (χ1) is 20.5. The Morgan fingerprint density at radius 3 is 1.29 bits per heavy atom. The Balaban J connectivity index is 4.15. The third-order valence-corrected chi connectivity index (χ3v) is 8.28. The molecule has 1 amide bonds. The molecule has 248 valence electrons. The van der Waals surface area contributed by atoms with Crippen LogP contribution in [-0.4, -0.2) is 35.6 Å². The average Bonchev–Trinajstić information content (AvgIpc) is 2.97. The van der Waals surface area contributed by atoms with E-state index in [2.05, 4.69) is 19.2 Å². The van der Waals surface area contributed by atoms with E-state index in [9.17, 15) is 14.4 Å². The Bertz CT molecular complexity index is 624. The summed E-state index contributed by atoms with van der Waals surface area (Å²) in [6.07, 6.45) is 33.6. The molecule has 0 spiro atoms. The number of rotatable bonds is 33. The number of carbonyl (C=O) groups is 3. The fraction of sp³-hybridized carbons (Fsp3) is 0.917. The standard InChI is InChI=1S/C36H69NO5/c1-3-5-7-9-11-13-14-16-17-20-24-28-33(29-25-21-19-22-26-30-34(38)37-32-35(39)40)42-36(41)31-27-23-18-15-12-10-8-6-4-2/h33H,3-32H2,1-2H3,(H,37,38)(H,39,40). The number of carboxylic acid groups (broad SMARTS) is 1. The smallest absolute Gasteiger partial charge is 0.322 e. The van der Waals surface area contributed by atoms with Crippen LogP contribution in [-0.2, 0) is 19.1 Å². The SMILES string of the molecule is CCCCCCCCCCCCCC(CCCCCCCC(=O)NCC(=O)O)OC(=O)CCCCCCCCCCC. The van der Waals surface area contributed by atoms with Gasteiger partial charge in [-0.25, -0.2) is 0 Å². The molecule has 0 aromatic rings. The number of carbonyl (C=O) groups excluding carboxylic acids is 2. The zero-order valence-corrected chi connectivity index (χ0v) is 27.9. The lowest BCUT2D eigenvalue weighted by atomic mass is 10.0. The molecule has 0 saturated heterocycles. The van der Waals surface area contributed by atoms with Crippen LogP contribution < -0.4 is 5.32 Å². The molecule has 2 N–H and O–H groups in total. The molecular weight excluding hydrogens is 526 g/mol. The third-order valence-electron chi connectivity index (χ3n) is 8.28. The minimum absolute atomic E-state index is 0.0154. The second-order valence-corrected chi connectivity index (χ2v) is 12.5. The van der Waals surface area contributed by atoms with E-state index in [1.54, 1.807) is 0 Å². The zero-order chi connectivity index (χ0) is 30.9. The van der Waals surface area contributed by atoms with Crippen LogP contribution in [0.2, 0.25) is 0 Å². The topological polar surface area (TPSA) is 92.7 Å². The summed E-state index contributed by atoms with van der Waals surface area (Å²) in [4.78, 5) is 34.8. The molecule has 0 aliphatic heterocycles. The maximum absolute atomic E-state index is 12.6. The molecule has 42 heavy (non-hydrogen) atoms. The summed E-state index contributed by atoms with van der Waals surface area (Å²) in [6.45, 7) is 4.21. The maximum atomic E-state index is 12.6. The van der Waals surface area contributed by atoms with Gasteiger partial charge in [0.1, 0.15) is 12.6 Å². The number of hydrogen-bond acceptors (Lipinski definition) is 4. The maximum Gasteiger partial charge on any atom is 0.322 e. The van der Waals surface area contributed by atoms with Crippen molar-refractivity contribution < 1.29 is 24.2 Å². The van der Waals surface area contributed by atoms with E-state index in [0.717, 1.165) is 64.2 Å². The van der Waals surface area contributed by atoms with Gasteiger partial charge in [-0.3, -0.25) is 14.4 Å². The molecule has 0 aliphatic rings. The van der Waals surface area contributed by atoms with Gasteiger partial charge in [0.25, 0.3) is 0 Å². The minimum Gasteiger partial charge on any atom is -0.480 e. The van der Waals surface area contributed by atoms with Crippen molar-refractivity contribution in [2.24, 2.45) is 0 Å². The van der Waals surface area contributed by atoms with Gasteiger partial charge in [0, 0.05) is 12.8 Å². The second kappa shape index (κ2) is 32.3. The molecule has 1 atom stereocenters. The lowest BCUT2D eigenvalue weighted by Crippen LogP contribution is -2.28. The monoisotopic (exact) mass is 596 g/mol. The Morgan fingerprint density at radius 1 is 0.524 bits per heavy atom. The molecule has 0 aliphatic carbocycles. The molecule has 0 bridgehead atoms. The quantitative estimate of drug-likeness (QED) is 0.0581. The highest BCUT2D eigenvalue weighted by Crippen LogP contribution is 2.19. The van der Waals surface area contributed by atoms with Gasteiger partial charge >= 0.3 is 11.9 Å². The van der Waals surface area contributed by atoms with Crippen molar-refractivity contribution in [2.75, 3.05) is 6.54 Å². The van der Waals surface area contributed by atoms with Crippen LogP contribution in [0.15, 0.2) is 0 Å². The number of carboxylic acids is 1.